The molecule has 0 amide bonds. The van der Waals surface area contributed by atoms with E-state index in [9.17, 15) is 5.11 Å². The van der Waals surface area contributed by atoms with Crippen LogP contribution in [-0.4, -0.2) is 17.3 Å². The minimum Gasteiger partial charge on any atom is -0.391 e. The summed E-state index contributed by atoms with van der Waals surface area (Å²) in [5.74, 6) is 0.0869. The molecule has 2 nitrogen and oxygen atoms in total. The number of halogens is 2. The van der Waals surface area contributed by atoms with Crippen LogP contribution in [0.2, 0.25) is 10.0 Å². The van der Waals surface area contributed by atoms with Crippen molar-refractivity contribution >= 4 is 23.2 Å². The van der Waals surface area contributed by atoms with Crippen LogP contribution in [0.25, 0.3) is 0 Å². The molecule has 0 radical (unpaired) electrons. The first kappa shape index (κ1) is 14.8. The third kappa shape index (κ3) is 3.85. The second kappa shape index (κ2) is 6.60. The molecule has 96 valence electrons. The van der Waals surface area contributed by atoms with E-state index in [1.807, 2.05) is 32.0 Å². The van der Waals surface area contributed by atoms with Crippen LogP contribution in [-0.2, 0) is 0 Å². The zero-order valence-electron chi connectivity index (χ0n) is 10.2. The lowest BCUT2D eigenvalue weighted by Gasteiger charge is -2.22. The molecule has 3 unspecified atom stereocenters. The maximum absolute atomic E-state index is 9.92. The van der Waals surface area contributed by atoms with E-state index in [0.29, 0.717) is 16.5 Å². The van der Waals surface area contributed by atoms with Crippen molar-refractivity contribution in [3.8, 4) is 0 Å². The van der Waals surface area contributed by atoms with Gasteiger partial charge in [0.2, 0.25) is 0 Å². The summed E-state index contributed by atoms with van der Waals surface area (Å²) < 4.78 is 0. The molecular formula is C13H19Cl2NO. The average molecular weight is 276 g/mol. The van der Waals surface area contributed by atoms with Crippen LogP contribution >= 0.6 is 23.2 Å². The molecule has 1 aromatic carbocycles. The van der Waals surface area contributed by atoms with Gasteiger partial charge >= 0.3 is 0 Å². The number of nitrogens with two attached hydrogens (primary N) is 1. The van der Waals surface area contributed by atoms with Gasteiger partial charge in [0, 0.05) is 16.1 Å². The Kier molecular flexibility index (Phi) is 5.74. The molecule has 0 saturated carbocycles. The molecule has 1 aromatic rings. The quantitative estimate of drug-likeness (QED) is 0.863. The minimum atomic E-state index is -0.526. The van der Waals surface area contributed by atoms with Gasteiger partial charge in [-0.2, -0.15) is 0 Å². The number of aliphatic hydroxyl groups excluding tert-OH is 1. The first-order valence-electron chi connectivity index (χ1n) is 5.84. The molecule has 0 spiro atoms. The Labute approximate surface area is 113 Å². The van der Waals surface area contributed by atoms with Crippen molar-refractivity contribution in [1.29, 1.82) is 0 Å². The van der Waals surface area contributed by atoms with E-state index in [2.05, 4.69) is 0 Å². The van der Waals surface area contributed by atoms with Crippen molar-refractivity contribution < 1.29 is 5.11 Å². The Hall–Kier alpha value is -0.280. The van der Waals surface area contributed by atoms with E-state index >= 15 is 0 Å². The van der Waals surface area contributed by atoms with Crippen LogP contribution in [0.1, 0.15) is 38.2 Å². The minimum absolute atomic E-state index is 0.0869. The molecule has 0 aliphatic rings. The summed E-state index contributed by atoms with van der Waals surface area (Å²) in [5, 5.41) is 11.2. The molecule has 1 rings (SSSR count). The number of benzene rings is 1. The van der Waals surface area contributed by atoms with Gasteiger partial charge in [-0.05, 0) is 36.5 Å². The van der Waals surface area contributed by atoms with Crippen molar-refractivity contribution in [3.63, 3.8) is 0 Å². The topological polar surface area (TPSA) is 46.2 Å². The summed E-state index contributed by atoms with van der Waals surface area (Å²) in [7, 11) is 0. The van der Waals surface area contributed by atoms with Gasteiger partial charge < -0.3 is 10.8 Å². The highest BCUT2D eigenvalue weighted by Gasteiger charge is 2.20. The van der Waals surface area contributed by atoms with E-state index in [-0.39, 0.29) is 12.0 Å². The average Bonchev–Trinajstić information content (AvgIpc) is 2.27. The lowest BCUT2D eigenvalue weighted by atomic mass is 9.92. The number of rotatable bonds is 5. The van der Waals surface area contributed by atoms with Crippen molar-refractivity contribution in [1.82, 2.24) is 0 Å². The summed E-state index contributed by atoms with van der Waals surface area (Å²) in [6, 6.07) is 5.24. The molecule has 3 atom stereocenters. The van der Waals surface area contributed by atoms with E-state index in [1.165, 1.54) is 0 Å². The number of aliphatic hydroxyl groups is 1. The maximum Gasteiger partial charge on any atom is 0.0696 e. The first-order valence-corrected chi connectivity index (χ1v) is 6.60. The summed E-state index contributed by atoms with van der Waals surface area (Å²) in [5.41, 5.74) is 6.69. The highest BCUT2D eigenvalue weighted by Crippen LogP contribution is 2.34. The number of hydrogen-bond donors (Lipinski definition) is 2. The van der Waals surface area contributed by atoms with Crippen LogP contribution < -0.4 is 5.73 Å². The Morgan fingerprint density at radius 3 is 2.29 bits per heavy atom. The lowest BCUT2D eigenvalue weighted by Crippen LogP contribution is -2.34. The zero-order valence-corrected chi connectivity index (χ0v) is 11.7. The Morgan fingerprint density at radius 1 is 1.29 bits per heavy atom. The number of hydrogen-bond acceptors (Lipinski definition) is 2. The molecule has 0 aliphatic heterocycles. The molecule has 0 fully saturated rings. The monoisotopic (exact) mass is 275 g/mol. The molecule has 4 heteroatoms. The van der Waals surface area contributed by atoms with Crippen molar-refractivity contribution in [3.05, 3.63) is 33.8 Å². The van der Waals surface area contributed by atoms with Gasteiger partial charge in [0.15, 0.2) is 0 Å². The highest BCUT2D eigenvalue weighted by atomic mass is 35.5. The van der Waals surface area contributed by atoms with Gasteiger partial charge in [0.05, 0.1) is 6.10 Å². The van der Waals surface area contributed by atoms with Crippen molar-refractivity contribution in [2.75, 3.05) is 0 Å². The van der Waals surface area contributed by atoms with E-state index in [4.69, 9.17) is 28.9 Å². The van der Waals surface area contributed by atoms with Gasteiger partial charge in [-0.25, -0.2) is 0 Å². The smallest absolute Gasteiger partial charge is 0.0696 e. The Morgan fingerprint density at radius 2 is 1.82 bits per heavy atom. The van der Waals surface area contributed by atoms with Gasteiger partial charge in [0.25, 0.3) is 0 Å². The van der Waals surface area contributed by atoms with Crippen molar-refractivity contribution in [2.45, 2.75) is 44.8 Å². The van der Waals surface area contributed by atoms with E-state index in [1.54, 1.807) is 0 Å². The first-order chi connectivity index (χ1) is 7.97. The molecule has 0 bridgehead atoms. The molecule has 0 heterocycles. The van der Waals surface area contributed by atoms with Gasteiger partial charge in [-0.15, -0.1) is 0 Å². The molecule has 0 aliphatic carbocycles. The molecular weight excluding hydrogens is 257 g/mol. The van der Waals surface area contributed by atoms with Crippen LogP contribution in [0.3, 0.4) is 0 Å². The predicted octanol–water partition coefficient (Wildman–Crippen LogP) is 3.59. The third-order valence-electron chi connectivity index (χ3n) is 3.05. The maximum atomic E-state index is 9.92. The zero-order chi connectivity index (χ0) is 13.0. The predicted molar refractivity (Wildman–Crippen MR) is 73.8 cm³/mol. The molecule has 0 aromatic heterocycles. The molecule has 3 N–H and O–H groups in total. The Balaban J connectivity index is 2.79. The second-order valence-corrected chi connectivity index (χ2v) is 5.23. The normalized spacial score (nSPS) is 16.6. The molecule has 0 saturated heterocycles. The fourth-order valence-corrected chi connectivity index (χ4v) is 2.68. The fraction of sp³-hybridized carbons (Fsp3) is 0.538. The van der Waals surface area contributed by atoms with Gasteiger partial charge in [-0.1, -0.05) is 43.1 Å². The van der Waals surface area contributed by atoms with Crippen molar-refractivity contribution in [2.24, 2.45) is 5.73 Å². The Bertz CT molecular complexity index is 350. The largest absolute Gasteiger partial charge is 0.391 e. The summed E-state index contributed by atoms with van der Waals surface area (Å²) in [6.45, 7) is 3.96. The summed E-state index contributed by atoms with van der Waals surface area (Å²) in [6.07, 6.45) is 0.796. The van der Waals surface area contributed by atoms with Crippen LogP contribution in [0.5, 0.6) is 0 Å². The molecule has 17 heavy (non-hydrogen) atoms. The SMILES string of the molecule is CCC(N)C(O)CC(C)c1c(Cl)cccc1Cl. The fourth-order valence-electron chi connectivity index (χ4n) is 1.91. The van der Waals surface area contributed by atoms with E-state index < -0.39 is 6.10 Å². The highest BCUT2D eigenvalue weighted by molar-refractivity contribution is 6.36. The summed E-state index contributed by atoms with van der Waals surface area (Å²) >= 11 is 12.2. The van der Waals surface area contributed by atoms with Crippen LogP contribution in [0.15, 0.2) is 18.2 Å². The van der Waals surface area contributed by atoms with Gasteiger partial charge in [0.1, 0.15) is 0 Å². The lowest BCUT2D eigenvalue weighted by molar-refractivity contribution is 0.126. The second-order valence-electron chi connectivity index (χ2n) is 4.41. The van der Waals surface area contributed by atoms with Crippen LogP contribution in [0, 0.1) is 0 Å². The van der Waals surface area contributed by atoms with E-state index in [0.717, 1.165) is 12.0 Å². The van der Waals surface area contributed by atoms with Gasteiger partial charge in [-0.3, -0.25) is 0 Å². The standard InChI is InChI=1S/C13H19Cl2NO/c1-3-11(16)12(17)7-8(2)13-9(14)5-4-6-10(13)15/h4-6,8,11-12,17H,3,7,16H2,1-2H3. The van der Waals surface area contributed by atoms with Crippen LogP contribution in [0.4, 0.5) is 0 Å². The third-order valence-corrected chi connectivity index (χ3v) is 3.71. The summed E-state index contributed by atoms with van der Waals surface area (Å²) in [4.78, 5) is 0.